The van der Waals surface area contributed by atoms with Gasteiger partial charge in [-0.2, -0.15) is 0 Å². The van der Waals surface area contributed by atoms with Gasteiger partial charge in [0.2, 0.25) is 0 Å². The SMILES string of the molecule is CCN(CC)c1ncc(CNC(C)c2cccc(O)c2)s1. The average Bonchev–Trinajstić information content (AvgIpc) is 2.95. The van der Waals surface area contributed by atoms with Crippen molar-refractivity contribution in [3.8, 4) is 5.75 Å². The second kappa shape index (κ2) is 7.43. The predicted molar refractivity (Wildman–Crippen MR) is 89.0 cm³/mol. The van der Waals surface area contributed by atoms with Gasteiger partial charge in [-0.25, -0.2) is 4.98 Å². The van der Waals surface area contributed by atoms with Gasteiger partial charge in [0.25, 0.3) is 0 Å². The van der Waals surface area contributed by atoms with Crippen molar-refractivity contribution in [1.82, 2.24) is 10.3 Å². The van der Waals surface area contributed by atoms with E-state index in [4.69, 9.17) is 0 Å². The smallest absolute Gasteiger partial charge is 0.185 e. The minimum Gasteiger partial charge on any atom is -0.508 e. The molecule has 0 bridgehead atoms. The third-order valence-corrected chi connectivity index (χ3v) is 4.59. The van der Waals surface area contributed by atoms with Gasteiger partial charge in [-0.15, -0.1) is 11.3 Å². The highest BCUT2D eigenvalue weighted by molar-refractivity contribution is 7.15. The second-order valence-electron chi connectivity index (χ2n) is 4.98. The van der Waals surface area contributed by atoms with Gasteiger partial charge >= 0.3 is 0 Å². The maximum Gasteiger partial charge on any atom is 0.185 e. The maximum atomic E-state index is 9.52. The van der Waals surface area contributed by atoms with Gasteiger partial charge in [-0.05, 0) is 38.5 Å². The van der Waals surface area contributed by atoms with Gasteiger partial charge in [0, 0.05) is 36.8 Å². The molecule has 0 aliphatic carbocycles. The predicted octanol–water partition coefficient (Wildman–Crippen LogP) is 3.55. The maximum absolute atomic E-state index is 9.52. The number of phenols is 1. The molecule has 2 aromatic rings. The van der Waals surface area contributed by atoms with E-state index in [0.717, 1.165) is 30.3 Å². The lowest BCUT2D eigenvalue weighted by Gasteiger charge is -2.16. The zero-order chi connectivity index (χ0) is 15.2. The van der Waals surface area contributed by atoms with Crippen LogP contribution in [0, 0.1) is 0 Å². The summed E-state index contributed by atoms with van der Waals surface area (Å²) in [5.41, 5.74) is 1.09. The monoisotopic (exact) mass is 305 g/mol. The molecule has 1 heterocycles. The summed E-state index contributed by atoms with van der Waals surface area (Å²) in [7, 11) is 0. The number of nitrogens with one attached hydrogen (secondary N) is 1. The summed E-state index contributed by atoms with van der Waals surface area (Å²) in [5, 5.41) is 14.1. The first-order valence-electron chi connectivity index (χ1n) is 7.36. The van der Waals surface area contributed by atoms with Gasteiger partial charge in [0.1, 0.15) is 5.75 Å². The normalized spacial score (nSPS) is 12.3. The zero-order valence-electron chi connectivity index (χ0n) is 12.8. The fourth-order valence-electron chi connectivity index (χ4n) is 2.18. The van der Waals surface area contributed by atoms with E-state index in [1.54, 1.807) is 23.5 Å². The van der Waals surface area contributed by atoms with Crippen LogP contribution in [0.5, 0.6) is 5.75 Å². The Morgan fingerprint density at radius 1 is 1.33 bits per heavy atom. The van der Waals surface area contributed by atoms with Crippen molar-refractivity contribution < 1.29 is 5.11 Å². The fraction of sp³-hybridized carbons (Fsp3) is 0.438. The summed E-state index contributed by atoms with van der Waals surface area (Å²) in [5.74, 6) is 0.308. The highest BCUT2D eigenvalue weighted by atomic mass is 32.1. The number of hydrogen-bond donors (Lipinski definition) is 2. The molecule has 0 fully saturated rings. The van der Waals surface area contributed by atoms with Crippen LogP contribution in [0.4, 0.5) is 5.13 Å². The lowest BCUT2D eigenvalue weighted by Crippen LogP contribution is -2.21. The van der Waals surface area contributed by atoms with E-state index >= 15 is 0 Å². The number of benzene rings is 1. The number of anilines is 1. The molecule has 0 saturated heterocycles. The number of aromatic nitrogens is 1. The van der Waals surface area contributed by atoms with E-state index in [2.05, 4.69) is 36.0 Å². The summed E-state index contributed by atoms with van der Waals surface area (Å²) in [6.45, 7) is 9.14. The van der Waals surface area contributed by atoms with Crippen LogP contribution in [-0.4, -0.2) is 23.2 Å². The molecule has 1 unspecified atom stereocenters. The summed E-state index contributed by atoms with van der Waals surface area (Å²) in [6, 6.07) is 7.57. The van der Waals surface area contributed by atoms with E-state index in [-0.39, 0.29) is 6.04 Å². The molecule has 0 amide bonds. The highest BCUT2D eigenvalue weighted by Gasteiger charge is 2.10. The Bertz CT molecular complexity index is 566. The third kappa shape index (κ3) is 4.19. The Labute approximate surface area is 130 Å². The van der Waals surface area contributed by atoms with Crippen LogP contribution in [-0.2, 0) is 6.54 Å². The molecule has 0 aliphatic heterocycles. The lowest BCUT2D eigenvalue weighted by atomic mass is 10.1. The van der Waals surface area contributed by atoms with Crippen LogP contribution in [0.1, 0.15) is 37.3 Å². The van der Waals surface area contributed by atoms with E-state index in [9.17, 15) is 5.11 Å². The first kappa shape index (κ1) is 15.8. The summed E-state index contributed by atoms with van der Waals surface area (Å²) >= 11 is 1.73. The molecule has 1 aromatic heterocycles. The van der Waals surface area contributed by atoms with E-state index < -0.39 is 0 Å². The molecule has 0 radical (unpaired) electrons. The minimum absolute atomic E-state index is 0.191. The molecule has 2 rings (SSSR count). The van der Waals surface area contributed by atoms with Crippen LogP contribution >= 0.6 is 11.3 Å². The zero-order valence-corrected chi connectivity index (χ0v) is 13.7. The molecule has 1 aromatic carbocycles. The Morgan fingerprint density at radius 3 is 2.76 bits per heavy atom. The van der Waals surface area contributed by atoms with Gasteiger partial charge in [-0.3, -0.25) is 0 Å². The van der Waals surface area contributed by atoms with Crippen LogP contribution in [0.2, 0.25) is 0 Å². The summed E-state index contributed by atoms with van der Waals surface area (Å²) in [6.07, 6.45) is 1.94. The van der Waals surface area contributed by atoms with Crippen LogP contribution in [0.25, 0.3) is 0 Å². The number of rotatable bonds is 7. The second-order valence-corrected chi connectivity index (χ2v) is 6.07. The number of thiazole rings is 1. The van der Waals surface area contributed by atoms with E-state index in [1.165, 1.54) is 4.88 Å². The topological polar surface area (TPSA) is 48.4 Å². The third-order valence-electron chi connectivity index (χ3n) is 3.53. The summed E-state index contributed by atoms with van der Waals surface area (Å²) < 4.78 is 0. The molecule has 2 N–H and O–H groups in total. The number of aromatic hydroxyl groups is 1. The number of phenolic OH excluding ortho intramolecular Hbond substituents is 1. The molecular weight excluding hydrogens is 282 g/mol. The fourth-order valence-corrected chi connectivity index (χ4v) is 3.17. The molecular formula is C16H23N3OS. The van der Waals surface area contributed by atoms with Crippen LogP contribution in [0.3, 0.4) is 0 Å². The Balaban J connectivity index is 1.94. The van der Waals surface area contributed by atoms with Crippen LogP contribution < -0.4 is 10.2 Å². The Morgan fingerprint density at radius 2 is 2.10 bits per heavy atom. The van der Waals surface area contributed by atoms with Crippen molar-refractivity contribution in [1.29, 1.82) is 0 Å². The van der Waals surface area contributed by atoms with E-state index in [1.807, 2.05) is 18.3 Å². The highest BCUT2D eigenvalue weighted by Crippen LogP contribution is 2.23. The van der Waals surface area contributed by atoms with Crippen molar-refractivity contribution in [3.05, 3.63) is 40.9 Å². The number of hydrogen-bond acceptors (Lipinski definition) is 5. The van der Waals surface area contributed by atoms with Crippen molar-refractivity contribution in [2.45, 2.75) is 33.4 Å². The van der Waals surface area contributed by atoms with Gasteiger partial charge in [0.05, 0.1) is 0 Å². The van der Waals surface area contributed by atoms with Gasteiger partial charge < -0.3 is 15.3 Å². The van der Waals surface area contributed by atoms with Gasteiger partial charge in [0.15, 0.2) is 5.13 Å². The lowest BCUT2D eigenvalue weighted by molar-refractivity contribution is 0.472. The van der Waals surface area contributed by atoms with E-state index in [0.29, 0.717) is 5.75 Å². The Kier molecular flexibility index (Phi) is 5.59. The number of nitrogens with zero attached hydrogens (tertiary/aromatic N) is 2. The standard InChI is InChI=1S/C16H23N3OS/c1-4-19(5-2)16-18-11-15(21-16)10-17-12(3)13-7-6-8-14(20)9-13/h6-9,11-12,17,20H,4-5,10H2,1-3H3. The van der Waals surface area contributed by atoms with Crippen LogP contribution in [0.15, 0.2) is 30.5 Å². The average molecular weight is 305 g/mol. The molecule has 0 aliphatic rings. The summed E-state index contributed by atoms with van der Waals surface area (Å²) in [4.78, 5) is 7.97. The van der Waals surface area contributed by atoms with Crippen molar-refractivity contribution in [3.63, 3.8) is 0 Å². The van der Waals surface area contributed by atoms with Crippen molar-refractivity contribution >= 4 is 16.5 Å². The molecule has 4 nitrogen and oxygen atoms in total. The first-order valence-corrected chi connectivity index (χ1v) is 8.17. The van der Waals surface area contributed by atoms with Crippen molar-refractivity contribution in [2.75, 3.05) is 18.0 Å². The molecule has 0 spiro atoms. The first-order chi connectivity index (χ1) is 10.1. The molecule has 0 saturated carbocycles. The quantitative estimate of drug-likeness (QED) is 0.821. The largest absolute Gasteiger partial charge is 0.508 e. The minimum atomic E-state index is 0.191. The molecule has 114 valence electrons. The van der Waals surface area contributed by atoms with Gasteiger partial charge in [-0.1, -0.05) is 12.1 Å². The molecule has 1 atom stereocenters. The molecule has 5 heteroatoms. The van der Waals surface area contributed by atoms with Crippen molar-refractivity contribution in [2.24, 2.45) is 0 Å². The Hall–Kier alpha value is -1.59. The molecule has 21 heavy (non-hydrogen) atoms.